The summed E-state index contributed by atoms with van der Waals surface area (Å²) < 4.78 is 5.69. The highest BCUT2D eigenvalue weighted by molar-refractivity contribution is 5.78. The molecule has 2 atom stereocenters. The number of rotatable bonds is 3. The van der Waals surface area contributed by atoms with Crippen LogP contribution in [0.25, 0.3) is 0 Å². The number of carbonyl (C=O) groups is 1. The average molecular weight is 250 g/mol. The van der Waals surface area contributed by atoms with Crippen LogP contribution in [0.15, 0.2) is 11.6 Å². The lowest BCUT2D eigenvalue weighted by Crippen LogP contribution is -2.23. The van der Waals surface area contributed by atoms with Crippen molar-refractivity contribution in [2.24, 2.45) is 17.3 Å². The molecule has 2 fully saturated rings. The van der Waals surface area contributed by atoms with Crippen LogP contribution in [0.2, 0.25) is 0 Å². The first-order valence-electron chi connectivity index (χ1n) is 7.28. The Kier molecular flexibility index (Phi) is 3.84. The van der Waals surface area contributed by atoms with Gasteiger partial charge in [0, 0.05) is 0 Å². The Morgan fingerprint density at radius 2 is 1.78 bits per heavy atom. The summed E-state index contributed by atoms with van der Waals surface area (Å²) in [6, 6.07) is 0. The first-order chi connectivity index (χ1) is 8.43. The number of hydrogen-bond acceptors (Lipinski definition) is 2. The third-order valence-corrected chi connectivity index (χ3v) is 4.51. The molecule has 0 aromatic carbocycles. The van der Waals surface area contributed by atoms with E-state index >= 15 is 0 Å². The van der Waals surface area contributed by atoms with Crippen LogP contribution in [0.4, 0.5) is 0 Å². The summed E-state index contributed by atoms with van der Waals surface area (Å²) in [6.07, 6.45) is 8.26. The minimum absolute atomic E-state index is 0.0365. The zero-order valence-corrected chi connectivity index (χ0v) is 12.2. The van der Waals surface area contributed by atoms with E-state index in [1.54, 1.807) is 0 Å². The fourth-order valence-corrected chi connectivity index (χ4v) is 3.22. The average Bonchev–Trinajstić information content (AvgIpc) is 2.80. The molecule has 0 aliphatic heterocycles. The van der Waals surface area contributed by atoms with Gasteiger partial charge in [0.05, 0.1) is 5.92 Å². The first kappa shape index (κ1) is 13.6. The maximum Gasteiger partial charge on any atom is 0.310 e. The van der Waals surface area contributed by atoms with Crippen molar-refractivity contribution in [3.8, 4) is 0 Å². The molecule has 102 valence electrons. The third-order valence-electron chi connectivity index (χ3n) is 4.51. The lowest BCUT2D eigenvalue weighted by atomic mass is 9.98. The van der Waals surface area contributed by atoms with Crippen molar-refractivity contribution in [1.82, 2.24) is 0 Å². The van der Waals surface area contributed by atoms with Crippen molar-refractivity contribution in [2.45, 2.75) is 65.9 Å². The molecule has 2 aliphatic rings. The first-order valence-corrected chi connectivity index (χ1v) is 7.28. The van der Waals surface area contributed by atoms with E-state index in [-0.39, 0.29) is 23.4 Å². The minimum atomic E-state index is 0.0365. The molecule has 0 N–H and O–H groups in total. The van der Waals surface area contributed by atoms with E-state index in [1.165, 1.54) is 24.8 Å². The van der Waals surface area contributed by atoms with Crippen LogP contribution >= 0.6 is 0 Å². The maximum absolute atomic E-state index is 12.2. The van der Waals surface area contributed by atoms with Gasteiger partial charge in [-0.1, -0.05) is 31.9 Å². The predicted molar refractivity (Wildman–Crippen MR) is 73.2 cm³/mol. The molecule has 2 rings (SSSR count). The summed E-state index contributed by atoms with van der Waals surface area (Å²) in [5.74, 6) is 0.488. The second kappa shape index (κ2) is 5.07. The van der Waals surface area contributed by atoms with Crippen LogP contribution in [0.3, 0.4) is 0 Å². The van der Waals surface area contributed by atoms with Gasteiger partial charge in [0.1, 0.15) is 6.10 Å². The monoisotopic (exact) mass is 250 g/mol. The number of esters is 1. The summed E-state index contributed by atoms with van der Waals surface area (Å²) in [5.41, 5.74) is 1.38. The molecule has 2 unspecified atom stereocenters. The molecule has 0 aromatic heterocycles. The van der Waals surface area contributed by atoms with Crippen LogP contribution in [0.5, 0.6) is 0 Å². The molecule has 2 aliphatic carbocycles. The number of carbonyl (C=O) groups excluding carboxylic acids is 1. The predicted octanol–water partition coefficient (Wildman–Crippen LogP) is 4.10. The summed E-state index contributed by atoms with van der Waals surface area (Å²) in [7, 11) is 0. The Morgan fingerprint density at radius 1 is 1.17 bits per heavy atom. The van der Waals surface area contributed by atoms with Gasteiger partial charge >= 0.3 is 5.97 Å². The van der Waals surface area contributed by atoms with Gasteiger partial charge in [0.2, 0.25) is 0 Å². The van der Waals surface area contributed by atoms with E-state index in [4.69, 9.17) is 4.74 Å². The van der Waals surface area contributed by atoms with Crippen molar-refractivity contribution >= 4 is 5.97 Å². The molecule has 18 heavy (non-hydrogen) atoms. The van der Waals surface area contributed by atoms with Gasteiger partial charge < -0.3 is 4.74 Å². The Labute approximate surface area is 111 Å². The smallest absolute Gasteiger partial charge is 0.310 e. The van der Waals surface area contributed by atoms with Gasteiger partial charge in [-0.25, -0.2) is 0 Å². The van der Waals surface area contributed by atoms with Crippen molar-refractivity contribution in [1.29, 1.82) is 0 Å². The second-order valence-corrected chi connectivity index (χ2v) is 6.77. The van der Waals surface area contributed by atoms with Gasteiger partial charge in [0.25, 0.3) is 0 Å². The van der Waals surface area contributed by atoms with Crippen molar-refractivity contribution < 1.29 is 9.53 Å². The van der Waals surface area contributed by atoms with Gasteiger partial charge in [-0.15, -0.1) is 0 Å². The van der Waals surface area contributed by atoms with Crippen LogP contribution in [0.1, 0.15) is 59.8 Å². The largest absolute Gasteiger partial charge is 0.462 e. The van der Waals surface area contributed by atoms with Crippen molar-refractivity contribution in [3.63, 3.8) is 0 Å². The molecule has 2 saturated carbocycles. The highest BCUT2D eigenvalue weighted by Crippen LogP contribution is 2.60. The van der Waals surface area contributed by atoms with E-state index in [2.05, 4.69) is 33.8 Å². The molecule has 0 spiro atoms. The van der Waals surface area contributed by atoms with Gasteiger partial charge in [-0.05, 0) is 50.9 Å². The van der Waals surface area contributed by atoms with Crippen LogP contribution in [-0.4, -0.2) is 12.1 Å². The maximum atomic E-state index is 12.2. The van der Waals surface area contributed by atoms with E-state index in [0.29, 0.717) is 5.92 Å². The molecule has 2 heteroatoms. The molecule has 0 bridgehead atoms. The fourth-order valence-electron chi connectivity index (χ4n) is 3.22. The van der Waals surface area contributed by atoms with E-state index in [1.807, 2.05) is 0 Å². The molecule has 0 radical (unpaired) electrons. The van der Waals surface area contributed by atoms with E-state index in [9.17, 15) is 4.79 Å². The van der Waals surface area contributed by atoms with Crippen LogP contribution in [0, 0.1) is 17.3 Å². The summed E-state index contributed by atoms with van der Waals surface area (Å²) in [4.78, 5) is 12.2. The number of hydrogen-bond donors (Lipinski definition) is 0. The van der Waals surface area contributed by atoms with Crippen LogP contribution < -0.4 is 0 Å². The number of allylic oxidation sites excluding steroid dienone is 2. The normalized spacial score (nSPS) is 30.7. The Hall–Kier alpha value is -0.790. The van der Waals surface area contributed by atoms with Gasteiger partial charge in [-0.3, -0.25) is 4.79 Å². The molecule has 0 heterocycles. The van der Waals surface area contributed by atoms with Gasteiger partial charge in [0.15, 0.2) is 0 Å². The zero-order chi connectivity index (χ0) is 13.3. The second-order valence-electron chi connectivity index (χ2n) is 6.77. The molecule has 2 nitrogen and oxygen atoms in total. The Morgan fingerprint density at radius 3 is 2.33 bits per heavy atom. The standard InChI is InChI=1S/C16H26O2/c1-11(2)10-13-14(16(13,3)4)15(17)18-12-8-6-5-7-9-12/h10,12-14H,5-9H2,1-4H3. The molecular formula is C16H26O2. The van der Waals surface area contributed by atoms with Crippen molar-refractivity contribution in [2.75, 3.05) is 0 Å². The molecule has 0 amide bonds. The highest BCUT2D eigenvalue weighted by Gasteiger charge is 2.61. The van der Waals surface area contributed by atoms with Crippen LogP contribution in [-0.2, 0) is 9.53 Å². The van der Waals surface area contributed by atoms with Crippen molar-refractivity contribution in [3.05, 3.63) is 11.6 Å². The van der Waals surface area contributed by atoms with E-state index < -0.39 is 0 Å². The SMILES string of the molecule is CC(C)=CC1C(C(=O)OC2CCCCC2)C1(C)C. The lowest BCUT2D eigenvalue weighted by Gasteiger charge is -2.22. The fraction of sp³-hybridized carbons (Fsp3) is 0.812. The Balaban J connectivity index is 1.91. The number of ether oxygens (including phenoxy) is 1. The quantitative estimate of drug-likeness (QED) is 0.557. The topological polar surface area (TPSA) is 26.3 Å². The highest BCUT2D eigenvalue weighted by atomic mass is 16.5. The zero-order valence-electron chi connectivity index (χ0n) is 12.2. The van der Waals surface area contributed by atoms with Gasteiger partial charge in [-0.2, -0.15) is 0 Å². The lowest BCUT2D eigenvalue weighted by molar-refractivity contribution is -0.153. The third kappa shape index (κ3) is 2.78. The molecular weight excluding hydrogens is 224 g/mol. The summed E-state index contributed by atoms with van der Waals surface area (Å²) in [5, 5.41) is 0. The molecule has 0 aromatic rings. The summed E-state index contributed by atoms with van der Waals surface area (Å²) in [6.45, 7) is 8.53. The summed E-state index contributed by atoms with van der Waals surface area (Å²) >= 11 is 0. The minimum Gasteiger partial charge on any atom is -0.462 e. The Bertz CT molecular complexity index is 344. The molecule has 0 saturated heterocycles. The van der Waals surface area contributed by atoms with E-state index in [0.717, 1.165) is 12.8 Å².